The van der Waals surface area contributed by atoms with Crippen LogP contribution in [-0.4, -0.2) is 42.0 Å². The number of ether oxygens (including phenoxy) is 1. The summed E-state index contributed by atoms with van der Waals surface area (Å²) >= 11 is 5.98. The lowest BCUT2D eigenvalue weighted by Crippen LogP contribution is -2.46. The summed E-state index contributed by atoms with van der Waals surface area (Å²) in [7, 11) is 0. The van der Waals surface area contributed by atoms with E-state index in [1.807, 2.05) is 0 Å². The molecule has 126 valence electrons. The van der Waals surface area contributed by atoms with Crippen molar-refractivity contribution < 1.29 is 18.7 Å². The Kier molecular flexibility index (Phi) is 5.54. The van der Waals surface area contributed by atoms with Gasteiger partial charge in [-0.2, -0.15) is 13.5 Å². The number of nitrogens with zero attached hydrogens (tertiary/aromatic N) is 1. The third kappa shape index (κ3) is 3.32. The topological polar surface area (TPSA) is 58.6 Å². The molecule has 2 heterocycles. The van der Waals surface area contributed by atoms with E-state index in [4.69, 9.17) is 16.3 Å². The quantitative estimate of drug-likeness (QED) is 0.879. The minimum atomic E-state index is -0.516. The smallest absolute Gasteiger partial charge is 0.318 e. The minimum absolute atomic E-state index is 0. The third-order valence-electron chi connectivity index (χ3n) is 4.17. The maximum Gasteiger partial charge on any atom is 0.318 e. The number of amides is 2. The molecule has 2 saturated heterocycles. The van der Waals surface area contributed by atoms with Crippen LogP contribution in [0.5, 0.6) is 0 Å². The van der Waals surface area contributed by atoms with Crippen molar-refractivity contribution in [1.29, 1.82) is 0 Å². The van der Waals surface area contributed by atoms with Crippen LogP contribution >= 0.6 is 25.1 Å². The number of carbonyl (C=O) groups excluding carboxylic acids is 2. The van der Waals surface area contributed by atoms with Crippen LogP contribution in [0.15, 0.2) is 12.1 Å². The number of urea groups is 1. The Balaban J connectivity index is 0.00000192. The summed E-state index contributed by atoms with van der Waals surface area (Å²) in [5, 5.41) is 2.90. The first-order valence-corrected chi connectivity index (χ1v) is 7.49. The molecule has 2 fully saturated rings. The molecule has 0 spiro atoms. The van der Waals surface area contributed by atoms with Gasteiger partial charge in [0, 0.05) is 23.7 Å². The molecule has 2 atom stereocenters. The number of nitrogens with one attached hydrogen (secondary N) is 1. The number of halogens is 2. The van der Waals surface area contributed by atoms with Crippen molar-refractivity contribution in [3.05, 3.63) is 34.1 Å². The standard InChI is InChI=1S/C15H16ClFN2O3.H2S/c1-8-2-3-10(16)9(13(8)17)6-18-15(21)19-5-4-12-14(19)11(20)7-22-12;/h2-3,12,14H,4-7H2,1H3,(H,18,21);1H2/t12-,14-;/m1./s1. The molecule has 1 aromatic carbocycles. The molecule has 8 heteroatoms. The van der Waals surface area contributed by atoms with Crippen molar-refractivity contribution in [2.24, 2.45) is 0 Å². The van der Waals surface area contributed by atoms with Crippen LogP contribution < -0.4 is 5.32 Å². The molecule has 2 aliphatic heterocycles. The van der Waals surface area contributed by atoms with Gasteiger partial charge in [0.25, 0.3) is 0 Å². The molecule has 0 aromatic heterocycles. The van der Waals surface area contributed by atoms with E-state index in [1.54, 1.807) is 19.1 Å². The monoisotopic (exact) mass is 360 g/mol. The normalized spacial score (nSPS) is 22.7. The van der Waals surface area contributed by atoms with Gasteiger partial charge in [0.05, 0.1) is 6.10 Å². The van der Waals surface area contributed by atoms with Gasteiger partial charge in [-0.3, -0.25) is 4.79 Å². The lowest BCUT2D eigenvalue weighted by molar-refractivity contribution is -0.120. The van der Waals surface area contributed by atoms with Crippen LogP contribution in [0.1, 0.15) is 17.5 Å². The Morgan fingerprint density at radius 2 is 2.26 bits per heavy atom. The van der Waals surface area contributed by atoms with Crippen LogP contribution in [0.3, 0.4) is 0 Å². The van der Waals surface area contributed by atoms with E-state index in [0.29, 0.717) is 18.5 Å². The molecule has 5 nitrogen and oxygen atoms in total. The maximum atomic E-state index is 14.0. The maximum absolute atomic E-state index is 14.0. The Labute approximate surface area is 145 Å². The first-order valence-electron chi connectivity index (χ1n) is 7.11. The summed E-state index contributed by atoms with van der Waals surface area (Å²) in [5.74, 6) is -0.509. The number of hydrogen-bond donors (Lipinski definition) is 1. The molecule has 1 aromatic rings. The number of ketones is 1. The van der Waals surface area contributed by atoms with Gasteiger partial charge in [0.1, 0.15) is 18.5 Å². The fourth-order valence-electron chi connectivity index (χ4n) is 2.96. The second-order valence-corrected chi connectivity index (χ2v) is 5.97. The number of hydrogen-bond acceptors (Lipinski definition) is 3. The van der Waals surface area contributed by atoms with Crippen molar-refractivity contribution in [3.63, 3.8) is 0 Å². The highest BCUT2D eigenvalue weighted by Gasteiger charge is 2.46. The predicted octanol–water partition coefficient (Wildman–Crippen LogP) is 2.15. The van der Waals surface area contributed by atoms with Crippen molar-refractivity contribution >= 4 is 36.9 Å². The Morgan fingerprint density at radius 1 is 1.52 bits per heavy atom. The van der Waals surface area contributed by atoms with Crippen LogP contribution in [-0.2, 0) is 16.1 Å². The van der Waals surface area contributed by atoms with E-state index in [9.17, 15) is 14.0 Å². The summed E-state index contributed by atoms with van der Waals surface area (Å²) in [6.45, 7) is 2.12. The van der Waals surface area contributed by atoms with E-state index >= 15 is 0 Å². The lowest BCUT2D eigenvalue weighted by atomic mass is 10.1. The first kappa shape index (κ1) is 18.0. The van der Waals surface area contributed by atoms with Gasteiger partial charge in [-0.15, -0.1) is 0 Å². The second-order valence-electron chi connectivity index (χ2n) is 5.56. The average Bonchev–Trinajstić information content (AvgIpc) is 3.06. The summed E-state index contributed by atoms with van der Waals surface area (Å²) in [5.41, 5.74) is 0.717. The van der Waals surface area contributed by atoms with Crippen molar-refractivity contribution in [2.75, 3.05) is 13.2 Å². The highest BCUT2D eigenvalue weighted by atomic mass is 35.5. The predicted molar refractivity (Wildman–Crippen MR) is 88.6 cm³/mol. The van der Waals surface area contributed by atoms with Crippen LogP contribution in [0.2, 0.25) is 5.02 Å². The fraction of sp³-hybridized carbons (Fsp3) is 0.467. The summed E-state index contributed by atoms with van der Waals surface area (Å²) < 4.78 is 19.4. The van der Waals surface area contributed by atoms with E-state index in [0.717, 1.165) is 0 Å². The molecular weight excluding hydrogens is 343 g/mol. The van der Waals surface area contributed by atoms with E-state index < -0.39 is 17.9 Å². The van der Waals surface area contributed by atoms with Crippen molar-refractivity contribution in [1.82, 2.24) is 10.2 Å². The SMILES string of the molecule is Cc1ccc(Cl)c(CNC(=O)N2CC[C@H]3OCC(=O)[C@H]32)c1F.S. The van der Waals surface area contributed by atoms with E-state index in [-0.39, 0.29) is 49.1 Å². The molecule has 0 aliphatic carbocycles. The van der Waals surface area contributed by atoms with Crippen molar-refractivity contribution in [3.8, 4) is 0 Å². The molecule has 2 aliphatic rings. The zero-order chi connectivity index (χ0) is 15.9. The van der Waals surface area contributed by atoms with Gasteiger partial charge in [0.2, 0.25) is 0 Å². The number of rotatable bonds is 2. The van der Waals surface area contributed by atoms with Crippen LogP contribution in [0.4, 0.5) is 9.18 Å². The number of fused-ring (bicyclic) bond motifs is 1. The zero-order valence-electron chi connectivity index (χ0n) is 12.6. The van der Waals surface area contributed by atoms with Gasteiger partial charge >= 0.3 is 6.03 Å². The number of aryl methyl sites for hydroxylation is 1. The average molecular weight is 361 g/mol. The first-order chi connectivity index (χ1) is 10.5. The molecule has 0 unspecified atom stereocenters. The van der Waals surface area contributed by atoms with Gasteiger partial charge < -0.3 is 15.0 Å². The van der Waals surface area contributed by atoms with Gasteiger partial charge in [0.15, 0.2) is 5.78 Å². The molecular formula is C15H18ClFN2O3S. The Morgan fingerprint density at radius 3 is 3.00 bits per heavy atom. The fourth-order valence-corrected chi connectivity index (χ4v) is 3.18. The summed E-state index contributed by atoms with van der Waals surface area (Å²) in [4.78, 5) is 25.5. The molecule has 0 saturated carbocycles. The summed E-state index contributed by atoms with van der Waals surface area (Å²) in [6, 6.07) is 2.27. The molecule has 0 bridgehead atoms. The highest BCUT2D eigenvalue weighted by molar-refractivity contribution is 7.59. The Bertz CT molecular complexity index is 643. The van der Waals surface area contributed by atoms with Gasteiger partial charge in [-0.05, 0) is 25.0 Å². The number of benzene rings is 1. The third-order valence-corrected chi connectivity index (χ3v) is 4.52. The van der Waals surface area contributed by atoms with E-state index in [2.05, 4.69) is 5.32 Å². The largest absolute Gasteiger partial charge is 0.368 e. The minimum Gasteiger partial charge on any atom is -0.368 e. The van der Waals surface area contributed by atoms with Crippen LogP contribution in [0.25, 0.3) is 0 Å². The summed E-state index contributed by atoms with van der Waals surface area (Å²) in [6.07, 6.45) is 0.432. The number of likely N-dealkylation sites (tertiary alicyclic amines) is 1. The van der Waals surface area contributed by atoms with Gasteiger partial charge in [-0.25, -0.2) is 9.18 Å². The second kappa shape index (κ2) is 7.07. The van der Waals surface area contributed by atoms with Gasteiger partial charge in [-0.1, -0.05) is 17.7 Å². The van der Waals surface area contributed by atoms with E-state index in [1.165, 1.54) is 4.90 Å². The highest BCUT2D eigenvalue weighted by Crippen LogP contribution is 2.27. The Hall–Kier alpha value is -1.31. The molecule has 23 heavy (non-hydrogen) atoms. The molecule has 3 rings (SSSR count). The molecule has 2 amide bonds. The van der Waals surface area contributed by atoms with Crippen molar-refractivity contribution in [2.45, 2.75) is 32.0 Å². The number of carbonyl (C=O) groups is 2. The molecule has 1 N–H and O–H groups in total. The number of Topliss-reactive ketones (excluding diaryl/α,β-unsaturated/α-hetero) is 1. The lowest BCUT2D eigenvalue weighted by Gasteiger charge is -2.22. The molecule has 0 radical (unpaired) electrons. The van der Waals surface area contributed by atoms with Crippen LogP contribution in [0, 0.1) is 12.7 Å². The zero-order valence-corrected chi connectivity index (χ0v) is 14.3.